The van der Waals surface area contributed by atoms with E-state index in [1.165, 1.54) is 0 Å². The number of carbonyl (C=O) groups excluding carboxylic acids is 1. The van der Waals surface area contributed by atoms with Crippen LogP contribution in [0.4, 0.5) is 17.3 Å². The first kappa shape index (κ1) is 17.5. The number of nitrogens with zero attached hydrogens (tertiary/aromatic N) is 1. The Balaban J connectivity index is 1.52. The van der Waals surface area contributed by atoms with E-state index in [0.29, 0.717) is 11.5 Å². The molecule has 0 bridgehead atoms. The SMILES string of the molecule is Cc1ccc(NC(=O)c2ccccc2)cc1Nc1ncc(-c2ccccc2)[nH]1. The van der Waals surface area contributed by atoms with Gasteiger partial charge in [0.1, 0.15) is 0 Å². The highest BCUT2D eigenvalue weighted by Crippen LogP contribution is 2.25. The number of imidazole rings is 1. The molecule has 5 nitrogen and oxygen atoms in total. The first-order valence-corrected chi connectivity index (χ1v) is 9.03. The number of benzene rings is 3. The molecule has 0 aliphatic rings. The summed E-state index contributed by atoms with van der Waals surface area (Å²) in [7, 11) is 0. The van der Waals surface area contributed by atoms with Crippen molar-refractivity contribution in [1.82, 2.24) is 9.97 Å². The molecule has 3 N–H and O–H groups in total. The number of amides is 1. The third kappa shape index (κ3) is 3.94. The van der Waals surface area contributed by atoms with Crippen molar-refractivity contribution in [2.24, 2.45) is 0 Å². The van der Waals surface area contributed by atoms with Crippen LogP contribution in [0.15, 0.2) is 85.1 Å². The Morgan fingerprint density at radius 2 is 1.64 bits per heavy atom. The molecule has 0 aliphatic heterocycles. The van der Waals surface area contributed by atoms with Crippen molar-refractivity contribution in [1.29, 1.82) is 0 Å². The largest absolute Gasteiger partial charge is 0.325 e. The Bertz CT molecular complexity index is 1090. The van der Waals surface area contributed by atoms with Gasteiger partial charge in [-0.2, -0.15) is 0 Å². The molecule has 138 valence electrons. The average Bonchev–Trinajstić information content (AvgIpc) is 3.20. The second-order valence-electron chi connectivity index (χ2n) is 6.49. The van der Waals surface area contributed by atoms with E-state index in [1.807, 2.05) is 73.7 Å². The van der Waals surface area contributed by atoms with Gasteiger partial charge in [0.2, 0.25) is 5.95 Å². The molecule has 0 saturated heterocycles. The number of hydrogen-bond donors (Lipinski definition) is 3. The maximum atomic E-state index is 12.4. The second-order valence-corrected chi connectivity index (χ2v) is 6.49. The Morgan fingerprint density at radius 3 is 2.39 bits per heavy atom. The van der Waals surface area contributed by atoms with Crippen molar-refractivity contribution in [2.75, 3.05) is 10.6 Å². The minimum absolute atomic E-state index is 0.139. The number of aromatic nitrogens is 2. The van der Waals surface area contributed by atoms with Crippen LogP contribution in [-0.4, -0.2) is 15.9 Å². The lowest BCUT2D eigenvalue weighted by molar-refractivity contribution is 0.102. The van der Waals surface area contributed by atoms with Crippen LogP contribution in [-0.2, 0) is 0 Å². The van der Waals surface area contributed by atoms with Gasteiger partial charge in [0.15, 0.2) is 0 Å². The van der Waals surface area contributed by atoms with Gasteiger partial charge in [-0.05, 0) is 42.3 Å². The topological polar surface area (TPSA) is 69.8 Å². The molecule has 0 atom stereocenters. The standard InChI is InChI=1S/C23H20N4O/c1-16-12-13-19(25-22(28)18-10-6-3-7-11-18)14-20(16)26-23-24-15-21(27-23)17-8-4-2-5-9-17/h2-15H,1H3,(H,25,28)(H2,24,26,27). The summed E-state index contributed by atoms with van der Waals surface area (Å²) in [6, 6.07) is 24.9. The van der Waals surface area contributed by atoms with Crippen LogP contribution in [0, 0.1) is 6.92 Å². The molecule has 4 aromatic rings. The summed E-state index contributed by atoms with van der Waals surface area (Å²) in [6.45, 7) is 2.01. The Hall–Kier alpha value is -3.86. The van der Waals surface area contributed by atoms with Crippen molar-refractivity contribution < 1.29 is 4.79 Å². The van der Waals surface area contributed by atoms with Gasteiger partial charge in [0.05, 0.1) is 11.9 Å². The third-order valence-corrected chi connectivity index (χ3v) is 4.45. The molecule has 3 aromatic carbocycles. The molecular formula is C23H20N4O. The predicted octanol–water partition coefficient (Wildman–Crippen LogP) is 5.38. The summed E-state index contributed by atoms with van der Waals surface area (Å²) in [5.41, 5.74) is 5.28. The number of hydrogen-bond acceptors (Lipinski definition) is 3. The number of anilines is 3. The maximum Gasteiger partial charge on any atom is 0.255 e. The van der Waals surface area contributed by atoms with Gasteiger partial charge >= 0.3 is 0 Å². The molecule has 0 saturated carbocycles. The molecule has 0 aliphatic carbocycles. The quantitative estimate of drug-likeness (QED) is 0.443. The van der Waals surface area contributed by atoms with Gasteiger partial charge in [-0.1, -0.05) is 54.6 Å². The number of aromatic amines is 1. The van der Waals surface area contributed by atoms with Gasteiger partial charge in [-0.15, -0.1) is 0 Å². The number of rotatable bonds is 5. The van der Waals surface area contributed by atoms with Gasteiger partial charge < -0.3 is 15.6 Å². The van der Waals surface area contributed by atoms with E-state index >= 15 is 0 Å². The van der Waals surface area contributed by atoms with E-state index in [9.17, 15) is 4.79 Å². The lowest BCUT2D eigenvalue weighted by Crippen LogP contribution is -2.11. The molecule has 1 amide bonds. The minimum Gasteiger partial charge on any atom is -0.325 e. The van der Waals surface area contributed by atoms with E-state index in [1.54, 1.807) is 18.3 Å². The van der Waals surface area contributed by atoms with Crippen LogP contribution in [0.1, 0.15) is 15.9 Å². The van der Waals surface area contributed by atoms with E-state index in [-0.39, 0.29) is 5.91 Å². The Labute approximate surface area is 163 Å². The molecule has 0 fully saturated rings. The highest BCUT2D eigenvalue weighted by Gasteiger charge is 2.09. The highest BCUT2D eigenvalue weighted by atomic mass is 16.1. The predicted molar refractivity (Wildman–Crippen MR) is 113 cm³/mol. The summed E-state index contributed by atoms with van der Waals surface area (Å²) in [5.74, 6) is 0.508. The smallest absolute Gasteiger partial charge is 0.255 e. The number of aryl methyl sites for hydroxylation is 1. The first-order valence-electron chi connectivity index (χ1n) is 9.03. The zero-order valence-corrected chi connectivity index (χ0v) is 15.4. The van der Waals surface area contributed by atoms with Gasteiger partial charge in [0, 0.05) is 16.9 Å². The fourth-order valence-electron chi connectivity index (χ4n) is 2.90. The van der Waals surface area contributed by atoms with E-state index in [2.05, 4.69) is 20.6 Å². The Morgan fingerprint density at radius 1 is 0.929 bits per heavy atom. The highest BCUT2D eigenvalue weighted by molar-refractivity contribution is 6.04. The molecule has 28 heavy (non-hydrogen) atoms. The van der Waals surface area contributed by atoms with Crippen LogP contribution in [0.5, 0.6) is 0 Å². The van der Waals surface area contributed by atoms with Crippen molar-refractivity contribution in [3.05, 3.63) is 96.2 Å². The lowest BCUT2D eigenvalue weighted by atomic mass is 10.1. The number of nitrogens with one attached hydrogen (secondary N) is 3. The summed E-state index contributed by atoms with van der Waals surface area (Å²) >= 11 is 0. The van der Waals surface area contributed by atoms with E-state index in [4.69, 9.17) is 0 Å². The van der Waals surface area contributed by atoms with Crippen molar-refractivity contribution >= 4 is 23.2 Å². The van der Waals surface area contributed by atoms with Gasteiger partial charge in [0.25, 0.3) is 5.91 Å². The molecule has 1 heterocycles. The van der Waals surface area contributed by atoms with Gasteiger partial charge in [-0.3, -0.25) is 4.79 Å². The fourth-order valence-corrected chi connectivity index (χ4v) is 2.90. The van der Waals surface area contributed by atoms with Crippen molar-refractivity contribution in [3.63, 3.8) is 0 Å². The third-order valence-electron chi connectivity index (χ3n) is 4.45. The van der Waals surface area contributed by atoms with Crippen LogP contribution in [0.25, 0.3) is 11.3 Å². The van der Waals surface area contributed by atoms with Crippen LogP contribution < -0.4 is 10.6 Å². The van der Waals surface area contributed by atoms with Crippen LogP contribution in [0.3, 0.4) is 0 Å². The molecule has 1 aromatic heterocycles. The van der Waals surface area contributed by atoms with Crippen LogP contribution in [0.2, 0.25) is 0 Å². The monoisotopic (exact) mass is 368 g/mol. The molecule has 0 unspecified atom stereocenters. The van der Waals surface area contributed by atoms with Crippen molar-refractivity contribution in [3.8, 4) is 11.3 Å². The molecular weight excluding hydrogens is 348 g/mol. The zero-order valence-electron chi connectivity index (χ0n) is 15.4. The molecule has 5 heteroatoms. The maximum absolute atomic E-state index is 12.4. The van der Waals surface area contributed by atoms with Crippen LogP contribution >= 0.6 is 0 Å². The fraction of sp³-hybridized carbons (Fsp3) is 0.0435. The zero-order chi connectivity index (χ0) is 19.3. The second kappa shape index (κ2) is 7.80. The molecule has 0 spiro atoms. The Kier molecular flexibility index (Phi) is 4.89. The normalized spacial score (nSPS) is 10.5. The minimum atomic E-state index is -0.139. The molecule has 0 radical (unpaired) electrons. The first-order chi connectivity index (χ1) is 13.7. The average molecular weight is 368 g/mol. The van der Waals surface area contributed by atoms with Gasteiger partial charge in [-0.25, -0.2) is 4.98 Å². The summed E-state index contributed by atoms with van der Waals surface area (Å²) < 4.78 is 0. The summed E-state index contributed by atoms with van der Waals surface area (Å²) in [4.78, 5) is 20.1. The summed E-state index contributed by atoms with van der Waals surface area (Å²) in [5, 5.41) is 6.23. The van der Waals surface area contributed by atoms with Crippen molar-refractivity contribution in [2.45, 2.75) is 6.92 Å². The number of H-pyrrole nitrogens is 1. The number of carbonyl (C=O) groups is 1. The lowest BCUT2D eigenvalue weighted by Gasteiger charge is -2.11. The summed E-state index contributed by atoms with van der Waals surface area (Å²) in [6.07, 6.45) is 1.80. The molecule has 4 rings (SSSR count). The van der Waals surface area contributed by atoms with E-state index in [0.717, 1.165) is 28.2 Å². The van der Waals surface area contributed by atoms with E-state index < -0.39 is 0 Å².